The Morgan fingerprint density at radius 2 is 2.54 bits per heavy atom. The van der Waals surface area contributed by atoms with Gasteiger partial charge in [0.05, 0.1) is 18.6 Å². The Morgan fingerprint density at radius 3 is 3.00 bits per heavy atom. The Labute approximate surface area is 76.4 Å². The van der Waals surface area contributed by atoms with E-state index < -0.39 is 6.09 Å². The number of rotatable bonds is 3. The van der Waals surface area contributed by atoms with Crippen LogP contribution in [0.1, 0.15) is 13.8 Å². The number of hydrogen-bond donors (Lipinski definition) is 1. The maximum Gasteiger partial charge on any atom is 0.407 e. The number of nitrogens with one attached hydrogen (secondary N) is 1. The van der Waals surface area contributed by atoms with Gasteiger partial charge in [0.25, 0.3) is 0 Å². The van der Waals surface area contributed by atoms with Crippen LogP contribution in [-0.4, -0.2) is 31.3 Å². The molecule has 0 aliphatic carbocycles. The summed E-state index contributed by atoms with van der Waals surface area (Å²) in [5, 5.41) is 2.53. The van der Waals surface area contributed by atoms with Crippen LogP contribution in [0.15, 0.2) is 0 Å². The molecule has 0 spiro atoms. The van der Waals surface area contributed by atoms with Crippen molar-refractivity contribution in [2.45, 2.75) is 19.9 Å². The standard InChI is InChI=1S/C8H13NO4/c1-3-12-7(10)5(2)6-4-13-8(11)9-6/h5-6H,3-4H2,1-2H3,(H,9,11)/t5-,6+/m0/s1. The van der Waals surface area contributed by atoms with Crippen LogP contribution < -0.4 is 5.32 Å². The summed E-state index contributed by atoms with van der Waals surface area (Å²) in [4.78, 5) is 21.9. The molecule has 1 saturated heterocycles. The predicted octanol–water partition coefficient (Wildman–Crippen LogP) is 0.294. The minimum atomic E-state index is -0.471. The van der Waals surface area contributed by atoms with E-state index in [0.29, 0.717) is 6.61 Å². The zero-order chi connectivity index (χ0) is 9.84. The molecule has 0 saturated carbocycles. The van der Waals surface area contributed by atoms with E-state index >= 15 is 0 Å². The molecule has 1 heterocycles. The van der Waals surface area contributed by atoms with Crippen molar-refractivity contribution in [1.29, 1.82) is 0 Å². The smallest absolute Gasteiger partial charge is 0.407 e. The lowest BCUT2D eigenvalue weighted by Crippen LogP contribution is -2.37. The fraction of sp³-hybridized carbons (Fsp3) is 0.750. The topological polar surface area (TPSA) is 64.6 Å². The quantitative estimate of drug-likeness (QED) is 0.645. The summed E-state index contributed by atoms with van der Waals surface area (Å²) in [6.07, 6.45) is -0.471. The first-order chi connectivity index (χ1) is 6.15. The van der Waals surface area contributed by atoms with Crippen LogP contribution in [0.2, 0.25) is 0 Å². The van der Waals surface area contributed by atoms with E-state index in [0.717, 1.165) is 0 Å². The molecule has 5 nitrogen and oxygen atoms in total. The molecule has 0 bridgehead atoms. The molecular formula is C8H13NO4. The van der Waals surface area contributed by atoms with Crippen LogP contribution in [0.25, 0.3) is 0 Å². The van der Waals surface area contributed by atoms with Gasteiger partial charge in [-0.1, -0.05) is 0 Å². The number of carbonyl (C=O) groups excluding carboxylic acids is 2. The average Bonchev–Trinajstić information content (AvgIpc) is 2.51. The van der Waals surface area contributed by atoms with Gasteiger partial charge < -0.3 is 14.8 Å². The summed E-state index contributed by atoms with van der Waals surface area (Å²) in [6, 6.07) is -0.258. The van der Waals surface area contributed by atoms with Crippen molar-refractivity contribution in [3.05, 3.63) is 0 Å². The van der Waals surface area contributed by atoms with Gasteiger partial charge in [0, 0.05) is 0 Å². The number of amides is 1. The van der Waals surface area contributed by atoms with Crippen molar-refractivity contribution in [2.24, 2.45) is 5.92 Å². The summed E-state index contributed by atoms with van der Waals surface area (Å²) in [5.41, 5.74) is 0. The highest BCUT2D eigenvalue weighted by molar-refractivity contribution is 5.76. The van der Waals surface area contributed by atoms with Crippen molar-refractivity contribution in [3.8, 4) is 0 Å². The summed E-state index contributed by atoms with van der Waals surface area (Å²) >= 11 is 0. The van der Waals surface area contributed by atoms with Gasteiger partial charge in [-0.15, -0.1) is 0 Å². The summed E-state index contributed by atoms with van der Waals surface area (Å²) in [6.45, 7) is 4.04. The second-order valence-corrected chi connectivity index (χ2v) is 2.89. The number of carbonyl (C=O) groups is 2. The van der Waals surface area contributed by atoms with E-state index in [2.05, 4.69) is 10.1 Å². The number of esters is 1. The molecule has 1 amide bonds. The van der Waals surface area contributed by atoms with E-state index in [9.17, 15) is 9.59 Å². The second kappa shape index (κ2) is 4.11. The monoisotopic (exact) mass is 187 g/mol. The molecule has 1 rings (SSSR count). The van der Waals surface area contributed by atoms with Crippen molar-refractivity contribution >= 4 is 12.1 Å². The van der Waals surface area contributed by atoms with Crippen LogP contribution in [0, 0.1) is 5.92 Å². The SMILES string of the molecule is CCOC(=O)[C@@H](C)[C@H]1COC(=O)N1. The second-order valence-electron chi connectivity index (χ2n) is 2.89. The molecule has 1 aliphatic rings. The van der Waals surface area contributed by atoms with Crippen LogP contribution in [-0.2, 0) is 14.3 Å². The third kappa shape index (κ3) is 2.34. The molecule has 74 valence electrons. The van der Waals surface area contributed by atoms with Gasteiger partial charge in [0.2, 0.25) is 0 Å². The Hall–Kier alpha value is -1.26. The third-order valence-corrected chi connectivity index (χ3v) is 1.96. The number of alkyl carbamates (subject to hydrolysis) is 1. The van der Waals surface area contributed by atoms with Gasteiger partial charge in [-0.2, -0.15) is 0 Å². The predicted molar refractivity (Wildman–Crippen MR) is 44.1 cm³/mol. The normalized spacial score (nSPS) is 23.2. The molecule has 1 aliphatic heterocycles. The molecule has 0 aromatic carbocycles. The first-order valence-corrected chi connectivity index (χ1v) is 4.25. The van der Waals surface area contributed by atoms with Gasteiger partial charge >= 0.3 is 12.1 Å². The van der Waals surface area contributed by atoms with Crippen LogP contribution in [0.5, 0.6) is 0 Å². The van der Waals surface area contributed by atoms with Crippen molar-refractivity contribution < 1.29 is 19.1 Å². The lowest BCUT2D eigenvalue weighted by atomic mass is 10.0. The first-order valence-electron chi connectivity index (χ1n) is 4.25. The van der Waals surface area contributed by atoms with Crippen molar-refractivity contribution in [3.63, 3.8) is 0 Å². The largest absolute Gasteiger partial charge is 0.466 e. The Morgan fingerprint density at radius 1 is 1.85 bits per heavy atom. The zero-order valence-electron chi connectivity index (χ0n) is 7.70. The number of cyclic esters (lactones) is 1. The number of ether oxygens (including phenoxy) is 2. The Balaban J connectivity index is 2.43. The van der Waals surface area contributed by atoms with Gasteiger partial charge in [0.15, 0.2) is 0 Å². The highest BCUT2D eigenvalue weighted by Crippen LogP contribution is 2.10. The lowest BCUT2D eigenvalue weighted by molar-refractivity contribution is -0.148. The summed E-state index contributed by atoms with van der Waals surface area (Å²) in [5.74, 6) is -0.662. The van der Waals surface area contributed by atoms with Gasteiger partial charge in [0.1, 0.15) is 6.61 Å². The minimum absolute atomic E-state index is 0.235. The summed E-state index contributed by atoms with van der Waals surface area (Å²) in [7, 11) is 0. The molecule has 0 aromatic rings. The van der Waals surface area contributed by atoms with Crippen LogP contribution in [0.3, 0.4) is 0 Å². The maximum atomic E-state index is 11.2. The highest BCUT2D eigenvalue weighted by atomic mass is 16.6. The molecule has 0 aromatic heterocycles. The fourth-order valence-corrected chi connectivity index (χ4v) is 1.11. The number of hydrogen-bond acceptors (Lipinski definition) is 4. The summed E-state index contributed by atoms with van der Waals surface area (Å²) < 4.78 is 9.46. The van der Waals surface area contributed by atoms with Crippen molar-refractivity contribution in [2.75, 3.05) is 13.2 Å². The third-order valence-electron chi connectivity index (χ3n) is 1.96. The van der Waals surface area contributed by atoms with Crippen LogP contribution >= 0.6 is 0 Å². The average molecular weight is 187 g/mol. The molecule has 1 fully saturated rings. The molecule has 0 unspecified atom stereocenters. The van der Waals surface area contributed by atoms with E-state index in [1.807, 2.05) is 0 Å². The molecule has 13 heavy (non-hydrogen) atoms. The van der Waals surface area contributed by atoms with E-state index in [4.69, 9.17) is 4.74 Å². The minimum Gasteiger partial charge on any atom is -0.466 e. The Kier molecular flexibility index (Phi) is 3.11. The molecule has 5 heteroatoms. The maximum absolute atomic E-state index is 11.2. The first kappa shape index (κ1) is 9.83. The van der Waals surface area contributed by atoms with Gasteiger partial charge in [-0.3, -0.25) is 4.79 Å². The molecule has 0 radical (unpaired) electrons. The van der Waals surface area contributed by atoms with E-state index in [1.54, 1.807) is 13.8 Å². The van der Waals surface area contributed by atoms with E-state index in [1.165, 1.54) is 0 Å². The van der Waals surface area contributed by atoms with Crippen LogP contribution in [0.4, 0.5) is 4.79 Å². The molecular weight excluding hydrogens is 174 g/mol. The lowest BCUT2D eigenvalue weighted by Gasteiger charge is -2.14. The highest BCUT2D eigenvalue weighted by Gasteiger charge is 2.32. The Bertz CT molecular complexity index is 216. The van der Waals surface area contributed by atoms with Gasteiger partial charge in [-0.05, 0) is 13.8 Å². The fourth-order valence-electron chi connectivity index (χ4n) is 1.11. The molecule has 1 N–H and O–H groups in total. The molecule has 2 atom stereocenters. The zero-order valence-corrected chi connectivity index (χ0v) is 7.70. The van der Waals surface area contributed by atoms with Gasteiger partial charge in [-0.25, -0.2) is 4.79 Å². The van der Waals surface area contributed by atoms with Crippen molar-refractivity contribution in [1.82, 2.24) is 5.32 Å². The van der Waals surface area contributed by atoms with E-state index in [-0.39, 0.29) is 24.5 Å².